The first kappa shape index (κ1) is 14.1. The van der Waals surface area contributed by atoms with E-state index < -0.39 is 5.97 Å². The monoisotopic (exact) mass is 270 g/mol. The standard InChI is InChI=1S/C17H18O3/c1-12-5-3-6-13(2)16(12)11-20-15-8-4-7-14(9-15)10-17(18)19/h3-9H,10-11H2,1-2H3,(H,18,19). The van der Waals surface area contributed by atoms with Crippen molar-refractivity contribution in [1.82, 2.24) is 0 Å². The molecule has 0 saturated carbocycles. The Morgan fingerprint density at radius 2 is 1.75 bits per heavy atom. The summed E-state index contributed by atoms with van der Waals surface area (Å²) < 4.78 is 5.78. The molecule has 0 aliphatic carbocycles. The average molecular weight is 270 g/mol. The van der Waals surface area contributed by atoms with Gasteiger partial charge in [-0.05, 0) is 48.2 Å². The molecule has 0 spiro atoms. The van der Waals surface area contributed by atoms with Crippen LogP contribution in [-0.2, 0) is 17.8 Å². The van der Waals surface area contributed by atoms with Crippen molar-refractivity contribution in [3.63, 3.8) is 0 Å². The summed E-state index contributed by atoms with van der Waals surface area (Å²) in [6.07, 6.45) is 0.0145. The third-order valence-corrected chi connectivity index (χ3v) is 3.28. The zero-order valence-corrected chi connectivity index (χ0v) is 11.7. The van der Waals surface area contributed by atoms with E-state index in [0.29, 0.717) is 12.4 Å². The fourth-order valence-electron chi connectivity index (χ4n) is 2.15. The number of hydrogen-bond donors (Lipinski definition) is 1. The van der Waals surface area contributed by atoms with Crippen molar-refractivity contribution in [3.05, 3.63) is 64.7 Å². The van der Waals surface area contributed by atoms with Gasteiger partial charge in [0, 0.05) is 0 Å². The van der Waals surface area contributed by atoms with Crippen LogP contribution in [0.15, 0.2) is 42.5 Å². The van der Waals surface area contributed by atoms with Crippen LogP contribution in [0.4, 0.5) is 0 Å². The molecular weight excluding hydrogens is 252 g/mol. The molecule has 0 atom stereocenters. The SMILES string of the molecule is Cc1cccc(C)c1COc1cccc(CC(=O)O)c1. The second kappa shape index (κ2) is 6.24. The first-order valence-electron chi connectivity index (χ1n) is 6.55. The lowest BCUT2D eigenvalue weighted by Crippen LogP contribution is -2.02. The minimum atomic E-state index is -0.836. The summed E-state index contributed by atoms with van der Waals surface area (Å²) in [5.41, 5.74) is 4.33. The molecule has 0 saturated heterocycles. The average Bonchev–Trinajstić information content (AvgIpc) is 2.38. The van der Waals surface area contributed by atoms with E-state index >= 15 is 0 Å². The van der Waals surface area contributed by atoms with Gasteiger partial charge in [0.1, 0.15) is 12.4 Å². The molecule has 3 heteroatoms. The topological polar surface area (TPSA) is 46.5 Å². The van der Waals surface area contributed by atoms with Gasteiger partial charge in [-0.15, -0.1) is 0 Å². The summed E-state index contributed by atoms with van der Waals surface area (Å²) in [4.78, 5) is 10.7. The van der Waals surface area contributed by atoms with Gasteiger partial charge < -0.3 is 9.84 Å². The Morgan fingerprint density at radius 3 is 2.40 bits per heavy atom. The fourth-order valence-corrected chi connectivity index (χ4v) is 2.15. The van der Waals surface area contributed by atoms with Crippen LogP contribution < -0.4 is 4.74 Å². The molecule has 0 bridgehead atoms. The molecule has 0 fully saturated rings. The molecule has 2 aromatic rings. The second-order valence-electron chi connectivity index (χ2n) is 4.88. The molecule has 0 unspecified atom stereocenters. The van der Waals surface area contributed by atoms with E-state index in [9.17, 15) is 4.79 Å². The maximum Gasteiger partial charge on any atom is 0.307 e. The summed E-state index contributed by atoms with van der Waals surface area (Å²) in [6.45, 7) is 4.62. The molecule has 0 amide bonds. The van der Waals surface area contributed by atoms with Crippen molar-refractivity contribution >= 4 is 5.97 Å². The van der Waals surface area contributed by atoms with Crippen molar-refractivity contribution in [2.45, 2.75) is 26.9 Å². The van der Waals surface area contributed by atoms with E-state index in [1.807, 2.05) is 18.2 Å². The van der Waals surface area contributed by atoms with E-state index in [1.165, 1.54) is 16.7 Å². The molecule has 0 aliphatic rings. The quantitative estimate of drug-likeness (QED) is 0.904. The maximum atomic E-state index is 10.7. The third kappa shape index (κ3) is 3.60. The first-order valence-corrected chi connectivity index (χ1v) is 6.55. The van der Waals surface area contributed by atoms with Gasteiger partial charge in [-0.3, -0.25) is 4.79 Å². The van der Waals surface area contributed by atoms with Gasteiger partial charge in [0.2, 0.25) is 0 Å². The van der Waals surface area contributed by atoms with Gasteiger partial charge in [0.05, 0.1) is 6.42 Å². The summed E-state index contributed by atoms with van der Waals surface area (Å²) in [7, 11) is 0. The van der Waals surface area contributed by atoms with Crippen LogP contribution in [0, 0.1) is 13.8 Å². The smallest absolute Gasteiger partial charge is 0.307 e. The number of aliphatic carboxylic acids is 1. The summed E-state index contributed by atoms with van der Waals surface area (Å²) in [6, 6.07) is 13.4. The molecule has 0 aromatic heterocycles. The summed E-state index contributed by atoms with van der Waals surface area (Å²) >= 11 is 0. The van der Waals surface area contributed by atoms with Gasteiger partial charge in [-0.2, -0.15) is 0 Å². The largest absolute Gasteiger partial charge is 0.489 e. The molecule has 1 N–H and O–H groups in total. The fraction of sp³-hybridized carbons (Fsp3) is 0.235. The molecule has 2 aromatic carbocycles. The van der Waals surface area contributed by atoms with Crippen LogP contribution in [0.5, 0.6) is 5.75 Å². The van der Waals surface area contributed by atoms with E-state index in [-0.39, 0.29) is 6.42 Å². The zero-order chi connectivity index (χ0) is 14.5. The highest BCUT2D eigenvalue weighted by molar-refractivity contribution is 5.70. The number of carboxylic acids is 1. The third-order valence-electron chi connectivity index (χ3n) is 3.28. The Labute approximate surface area is 118 Å². The normalized spacial score (nSPS) is 10.3. The Bertz CT molecular complexity index is 597. The lowest BCUT2D eigenvalue weighted by Gasteiger charge is -2.12. The van der Waals surface area contributed by atoms with Gasteiger partial charge in [-0.25, -0.2) is 0 Å². The molecule has 0 aliphatic heterocycles. The highest BCUT2D eigenvalue weighted by Gasteiger charge is 2.05. The summed E-state index contributed by atoms with van der Waals surface area (Å²) in [5.74, 6) is -0.136. The first-order chi connectivity index (χ1) is 9.56. The zero-order valence-electron chi connectivity index (χ0n) is 11.7. The molecule has 104 valence electrons. The lowest BCUT2D eigenvalue weighted by molar-refractivity contribution is -0.136. The molecule has 20 heavy (non-hydrogen) atoms. The number of aryl methyl sites for hydroxylation is 2. The van der Waals surface area contributed by atoms with Crippen LogP contribution in [0.25, 0.3) is 0 Å². The predicted molar refractivity (Wildman–Crippen MR) is 78.0 cm³/mol. The van der Waals surface area contributed by atoms with Gasteiger partial charge >= 0.3 is 5.97 Å². The van der Waals surface area contributed by atoms with Crippen molar-refractivity contribution in [1.29, 1.82) is 0 Å². The predicted octanol–water partition coefficient (Wildman–Crippen LogP) is 3.51. The maximum absolute atomic E-state index is 10.7. The number of carbonyl (C=O) groups is 1. The van der Waals surface area contributed by atoms with Crippen LogP contribution >= 0.6 is 0 Å². The Morgan fingerprint density at radius 1 is 1.10 bits per heavy atom. The van der Waals surface area contributed by atoms with Gasteiger partial charge in [0.25, 0.3) is 0 Å². The Kier molecular flexibility index (Phi) is 4.41. The van der Waals surface area contributed by atoms with E-state index in [4.69, 9.17) is 9.84 Å². The van der Waals surface area contributed by atoms with E-state index in [2.05, 4.69) is 26.0 Å². The van der Waals surface area contributed by atoms with Crippen molar-refractivity contribution in [3.8, 4) is 5.75 Å². The molecule has 0 heterocycles. The Balaban J connectivity index is 2.09. The number of ether oxygens (including phenoxy) is 1. The lowest BCUT2D eigenvalue weighted by atomic mass is 10.0. The van der Waals surface area contributed by atoms with E-state index in [1.54, 1.807) is 12.1 Å². The van der Waals surface area contributed by atoms with Crippen LogP contribution in [-0.4, -0.2) is 11.1 Å². The number of carboxylic acid groups (broad SMARTS) is 1. The minimum absolute atomic E-state index is 0.0145. The van der Waals surface area contributed by atoms with Crippen molar-refractivity contribution < 1.29 is 14.6 Å². The van der Waals surface area contributed by atoms with Crippen LogP contribution in [0.2, 0.25) is 0 Å². The Hall–Kier alpha value is -2.29. The van der Waals surface area contributed by atoms with Crippen molar-refractivity contribution in [2.75, 3.05) is 0 Å². The van der Waals surface area contributed by atoms with Gasteiger partial charge in [-0.1, -0.05) is 30.3 Å². The minimum Gasteiger partial charge on any atom is -0.489 e. The van der Waals surface area contributed by atoms with Crippen LogP contribution in [0.3, 0.4) is 0 Å². The van der Waals surface area contributed by atoms with Crippen LogP contribution in [0.1, 0.15) is 22.3 Å². The second-order valence-corrected chi connectivity index (χ2v) is 4.88. The number of benzene rings is 2. The highest BCUT2D eigenvalue weighted by atomic mass is 16.5. The van der Waals surface area contributed by atoms with E-state index in [0.717, 1.165) is 5.56 Å². The highest BCUT2D eigenvalue weighted by Crippen LogP contribution is 2.19. The van der Waals surface area contributed by atoms with Gasteiger partial charge in [0.15, 0.2) is 0 Å². The number of rotatable bonds is 5. The number of hydrogen-bond acceptors (Lipinski definition) is 2. The summed E-state index contributed by atoms with van der Waals surface area (Å²) in [5, 5.41) is 8.80. The molecule has 3 nitrogen and oxygen atoms in total. The molecule has 2 rings (SSSR count). The molecule has 0 radical (unpaired) electrons. The van der Waals surface area contributed by atoms with Crippen molar-refractivity contribution in [2.24, 2.45) is 0 Å². The molecular formula is C17H18O3.